The third-order valence-electron chi connectivity index (χ3n) is 6.12. The Morgan fingerprint density at radius 1 is 1.00 bits per heavy atom. The zero-order chi connectivity index (χ0) is 32.0. The van der Waals surface area contributed by atoms with Gasteiger partial charge < -0.3 is 30.0 Å². The van der Waals surface area contributed by atoms with Gasteiger partial charge in [-0.25, -0.2) is 13.8 Å². The van der Waals surface area contributed by atoms with E-state index in [1.165, 1.54) is 0 Å². The van der Waals surface area contributed by atoms with E-state index < -0.39 is 30.2 Å². The number of hydrogen-bond acceptors (Lipinski definition) is 5. The van der Waals surface area contributed by atoms with E-state index in [4.69, 9.17) is 19.8 Å². The molecule has 232 valence electrons. The van der Waals surface area contributed by atoms with Crippen LogP contribution in [0.15, 0.2) is 24.4 Å². The molecule has 2 aromatic heterocycles. The van der Waals surface area contributed by atoms with E-state index in [2.05, 4.69) is 31.1 Å². The van der Waals surface area contributed by atoms with Gasteiger partial charge in [-0.05, 0) is 24.5 Å². The van der Waals surface area contributed by atoms with Crippen molar-refractivity contribution in [1.82, 2.24) is 10.3 Å². The molecule has 1 aliphatic rings. The predicted molar refractivity (Wildman–Crippen MR) is 121 cm³/mol. The lowest BCUT2D eigenvalue weighted by Crippen LogP contribution is -3.12. The van der Waals surface area contributed by atoms with Crippen LogP contribution >= 0.6 is 0 Å². The number of carbonyl (C=O) groups is 3. The number of pyridine rings is 1. The molecule has 41 heavy (non-hydrogen) atoms. The number of fused-ring (bicyclic) bond motifs is 1. The summed E-state index contributed by atoms with van der Waals surface area (Å²) in [5, 5.41) is 20.6. The highest BCUT2D eigenvalue weighted by Gasteiger charge is 2.38. The van der Waals surface area contributed by atoms with E-state index in [9.17, 15) is 39.9 Å². The second-order valence-corrected chi connectivity index (χ2v) is 10.3. The second kappa shape index (κ2) is 13.4. The first-order valence-electron chi connectivity index (χ1n) is 12.1. The molecule has 0 saturated carbocycles. The van der Waals surface area contributed by atoms with Crippen molar-refractivity contribution in [2.45, 2.75) is 71.4 Å². The van der Waals surface area contributed by atoms with Gasteiger partial charge in [0.25, 0.3) is 11.8 Å². The van der Waals surface area contributed by atoms with E-state index in [1.807, 2.05) is 35.7 Å². The minimum Gasteiger partial charge on any atom is -0.542 e. The van der Waals surface area contributed by atoms with Crippen LogP contribution in [0.4, 0.5) is 35.1 Å². The van der Waals surface area contributed by atoms with Gasteiger partial charge in [-0.15, -0.1) is 0 Å². The molecule has 0 radical (unpaired) electrons. The topological polar surface area (TPSA) is 134 Å². The van der Waals surface area contributed by atoms with Crippen molar-refractivity contribution in [1.29, 1.82) is 0 Å². The van der Waals surface area contributed by atoms with Crippen LogP contribution in [-0.4, -0.2) is 60.2 Å². The summed E-state index contributed by atoms with van der Waals surface area (Å²) in [5.41, 5.74) is 1.27. The van der Waals surface area contributed by atoms with Crippen molar-refractivity contribution in [3.63, 3.8) is 0 Å². The zero-order valence-corrected chi connectivity index (χ0v) is 22.4. The number of piperidine rings is 1. The molecular formula is C24H30F8N4O5. The molecule has 1 aliphatic heterocycles. The van der Waals surface area contributed by atoms with Crippen LogP contribution in [0.3, 0.4) is 0 Å². The van der Waals surface area contributed by atoms with Gasteiger partial charge in [-0.3, -0.25) is 4.79 Å². The predicted octanol–water partition coefficient (Wildman–Crippen LogP) is 0.329. The Labute approximate surface area is 229 Å². The standard InChI is InChI=1S/C20H28F2N4O.2C2HF3O2/c1-14(19(2,3)4)23-18(27)17-15-7-5-6-10-26(15)16(24-17)13-25-11-8-20(21,22)9-12-25;2*3-2(4,5)1(6)7/h5-7,10,14H,8-9,11-13H2,1-4H3,(H,23,27);2*(H,6,7). The number of nitrogens with one attached hydrogen (secondary N) is 3. The van der Waals surface area contributed by atoms with Gasteiger partial charge in [0.05, 0.1) is 32.1 Å². The maximum absolute atomic E-state index is 13.4. The van der Waals surface area contributed by atoms with Crippen LogP contribution in [-0.2, 0) is 16.1 Å². The molecule has 17 heteroatoms. The SMILES string of the molecule is CC(NC(=O)c1[nH]c(C[NH+]2CCC(F)(F)CC2)[n+]2ccccc12)C(C)(C)C.O=C([O-])C(F)(F)F.O=C([O-])C(F)(F)F. The van der Waals surface area contributed by atoms with Crippen molar-refractivity contribution in [3.05, 3.63) is 35.9 Å². The molecule has 0 spiro atoms. The fourth-order valence-electron chi connectivity index (χ4n) is 3.32. The number of H-pyrrole nitrogens is 1. The summed E-state index contributed by atoms with van der Waals surface area (Å²) in [5.74, 6) is -7.84. The zero-order valence-electron chi connectivity index (χ0n) is 22.4. The molecule has 1 fully saturated rings. The van der Waals surface area contributed by atoms with Gasteiger partial charge in [0, 0.05) is 6.04 Å². The average molecular weight is 607 g/mol. The molecule has 9 nitrogen and oxygen atoms in total. The number of hydrogen-bond donors (Lipinski definition) is 3. The number of likely N-dealkylation sites (tertiary alicyclic amines) is 1. The summed E-state index contributed by atoms with van der Waals surface area (Å²) in [6.45, 7) is 9.70. The molecule has 1 saturated heterocycles. The number of carbonyl (C=O) groups excluding carboxylic acids is 3. The van der Waals surface area contributed by atoms with Gasteiger partial charge in [-0.2, -0.15) is 30.7 Å². The summed E-state index contributed by atoms with van der Waals surface area (Å²) in [7, 11) is 0. The van der Waals surface area contributed by atoms with Gasteiger partial charge >= 0.3 is 18.2 Å². The van der Waals surface area contributed by atoms with Crippen LogP contribution in [0.5, 0.6) is 0 Å². The summed E-state index contributed by atoms with van der Waals surface area (Å²) in [4.78, 5) is 34.8. The van der Waals surface area contributed by atoms with E-state index in [0.717, 1.165) is 16.2 Å². The number of halogens is 8. The smallest absolute Gasteiger partial charge is 0.430 e. The lowest BCUT2D eigenvalue weighted by Gasteiger charge is -2.27. The number of quaternary nitrogens is 1. The van der Waals surface area contributed by atoms with E-state index in [-0.39, 0.29) is 30.2 Å². The highest BCUT2D eigenvalue weighted by Crippen LogP contribution is 2.23. The molecule has 3 N–H and O–H groups in total. The molecule has 0 bridgehead atoms. The first kappa shape index (κ1) is 35.5. The number of aliphatic carboxylic acids is 2. The monoisotopic (exact) mass is 606 g/mol. The molecule has 1 amide bonds. The Morgan fingerprint density at radius 3 is 1.88 bits per heavy atom. The van der Waals surface area contributed by atoms with E-state index >= 15 is 0 Å². The molecule has 0 aliphatic carbocycles. The van der Waals surface area contributed by atoms with Crippen LogP contribution in [0.2, 0.25) is 0 Å². The summed E-state index contributed by atoms with van der Waals surface area (Å²) < 4.78 is 91.9. The van der Waals surface area contributed by atoms with Crippen LogP contribution < -0.4 is 24.8 Å². The molecule has 3 rings (SSSR count). The quantitative estimate of drug-likeness (QED) is 0.341. The fraction of sp³-hybridized carbons (Fsp3) is 0.583. The molecule has 3 heterocycles. The van der Waals surface area contributed by atoms with Gasteiger partial charge in [0.15, 0.2) is 12.1 Å². The fourth-order valence-corrected chi connectivity index (χ4v) is 3.32. The number of imidazole rings is 1. The number of aromatic amines is 1. The molecular weight excluding hydrogens is 576 g/mol. The van der Waals surface area contributed by atoms with Gasteiger partial charge in [-0.1, -0.05) is 26.8 Å². The largest absolute Gasteiger partial charge is 0.542 e. The Kier molecular flexibility index (Phi) is 11.6. The first-order chi connectivity index (χ1) is 18.5. The Bertz CT molecular complexity index is 1170. The maximum atomic E-state index is 13.4. The van der Waals surface area contributed by atoms with Crippen molar-refractivity contribution in [2.24, 2.45) is 5.41 Å². The van der Waals surface area contributed by atoms with Crippen molar-refractivity contribution in [3.8, 4) is 0 Å². The average Bonchev–Trinajstić information content (AvgIpc) is 3.18. The molecule has 2 aromatic rings. The van der Waals surface area contributed by atoms with Gasteiger partial charge in [0.2, 0.25) is 5.69 Å². The summed E-state index contributed by atoms with van der Waals surface area (Å²) in [6, 6.07) is 5.71. The van der Waals surface area contributed by atoms with Gasteiger partial charge in [0.1, 0.15) is 11.9 Å². The number of amides is 1. The lowest BCUT2D eigenvalue weighted by atomic mass is 9.88. The number of carboxylic acid groups (broad SMARTS) is 2. The highest BCUT2D eigenvalue weighted by molar-refractivity contribution is 5.98. The molecule has 0 aromatic carbocycles. The van der Waals surface area contributed by atoms with E-state index in [0.29, 0.717) is 25.3 Å². The third-order valence-corrected chi connectivity index (χ3v) is 6.12. The minimum atomic E-state index is -5.19. The maximum Gasteiger partial charge on any atom is 0.430 e. The Balaban J connectivity index is 0.000000497. The minimum absolute atomic E-state index is 0.00969. The van der Waals surface area contributed by atoms with E-state index in [1.54, 1.807) is 0 Å². The van der Waals surface area contributed by atoms with Crippen LogP contribution in [0.25, 0.3) is 5.52 Å². The highest BCUT2D eigenvalue weighted by atomic mass is 19.4. The van der Waals surface area contributed by atoms with Crippen molar-refractivity contribution >= 4 is 23.4 Å². The van der Waals surface area contributed by atoms with Crippen LogP contribution in [0, 0.1) is 5.41 Å². The van der Waals surface area contributed by atoms with Crippen LogP contribution in [0.1, 0.15) is 56.8 Å². The van der Waals surface area contributed by atoms with Crippen molar-refractivity contribution < 1.29 is 69.0 Å². The molecule has 1 atom stereocenters. The third kappa shape index (κ3) is 11.5. The normalized spacial score (nSPS) is 16.5. The first-order valence-corrected chi connectivity index (χ1v) is 12.1. The second-order valence-electron chi connectivity index (χ2n) is 10.3. The Morgan fingerprint density at radius 2 is 1.46 bits per heavy atom. The summed E-state index contributed by atoms with van der Waals surface area (Å²) in [6.07, 6.45) is -8.65. The van der Waals surface area contributed by atoms with Crippen molar-refractivity contribution in [2.75, 3.05) is 13.1 Å². The summed E-state index contributed by atoms with van der Waals surface area (Å²) >= 11 is 0. The number of rotatable bonds is 4. The number of carboxylic acids is 2. The number of aromatic nitrogens is 2. The number of nitrogens with zero attached hydrogens (tertiary/aromatic N) is 1. The Hall–Kier alpha value is -3.50. The molecule has 1 unspecified atom stereocenters. The number of alkyl halides is 8. The lowest BCUT2D eigenvalue weighted by molar-refractivity contribution is -0.927.